The summed E-state index contributed by atoms with van der Waals surface area (Å²) in [6.07, 6.45) is 0. The minimum Gasteiger partial charge on any atom is -0.465 e. The molecule has 0 N–H and O–H groups in total. The molecule has 0 saturated carbocycles. The molecule has 8 heteroatoms. The molecule has 0 aromatic heterocycles. The molecule has 0 atom stereocenters. The largest absolute Gasteiger partial charge is 0.465 e. The summed E-state index contributed by atoms with van der Waals surface area (Å²) in [7, 11) is -2.08. The summed E-state index contributed by atoms with van der Waals surface area (Å²) in [5.41, 5.74) is 0.700. The zero-order chi connectivity index (χ0) is 11.9. The van der Waals surface area contributed by atoms with Gasteiger partial charge in [-0.15, -0.1) is 4.40 Å². The average Bonchev–Trinajstić information content (AvgIpc) is 2.52. The third kappa shape index (κ3) is 1.82. The van der Waals surface area contributed by atoms with Gasteiger partial charge in [0.2, 0.25) is 0 Å². The van der Waals surface area contributed by atoms with Crippen LogP contribution in [0.15, 0.2) is 15.0 Å². The minimum absolute atomic E-state index is 0.0249. The van der Waals surface area contributed by atoms with Crippen molar-refractivity contribution in [2.45, 2.75) is 6.92 Å². The highest BCUT2D eigenvalue weighted by atomic mass is 32.2. The van der Waals surface area contributed by atoms with Crippen LogP contribution >= 0.6 is 11.8 Å². The summed E-state index contributed by atoms with van der Waals surface area (Å²) in [6.45, 7) is 2.08. The molecular formula is C8H10N2O4S2. The summed E-state index contributed by atoms with van der Waals surface area (Å²) in [5, 5.41) is 0.337. The molecule has 6 nitrogen and oxygen atoms in total. The normalized spacial score (nSPS) is 22.9. The highest BCUT2D eigenvalue weighted by Crippen LogP contribution is 2.36. The van der Waals surface area contributed by atoms with Crippen molar-refractivity contribution in [3.8, 4) is 0 Å². The predicted molar refractivity (Wildman–Crippen MR) is 60.2 cm³/mol. The van der Waals surface area contributed by atoms with Gasteiger partial charge in [0.1, 0.15) is 4.91 Å². The van der Waals surface area contributed by atoms with Crippen LogP contribution in [0.5, 0.6) is 0 Å². The molecule has 16 heavy (non-hydrogen) atoms. The van der Waals surface area contributed by atoms with Gasteiger partial charge < -0.3 is 9.64 Å². The number of amidine groups is 1. The van der Waals surface area contributed by atoms with Gasteiger partial charge in [-0.1, -0.05) is 0 Å². The van der Waals surface area contributed by atoms with Crippen molar-refractivity contribution in [3.05, 3.63) is 10.6 Å². The number of fused-ring (bicyclic) bond motifs is 1. The van der Waals surface area contributed by atoms with Crippen molar-refractivity contribution in [2.75, 3.05) is 19.4 Å². The van der Waals surface area contributed by atoms with E-state index >= 15 is 0 Å². The quantitative estimate of drug-likeness (QED) is 0.626. The SMILES string of the molecule is COC(=O)C1=C(C)N2CCS(=O)(=O)N=C2S1. The number of carbonyl (C=O) groups is 1. The number of hydrogen-bond acceptors (Lipinski definition) is 6. The van der Waals surface area contributed by atoms with Gasteiger partial charge in [-0.2, -0.15) is 0 Å². The summed E-state index contributed by atoms with van der Waals surface area (Å²) in [5.74, 6) is -0.486. The van der Waals surface area contributed by atoms with E-state index in [2.05, 4.69) is 9.13 Å². The molecule has 2 rings (SSSR count). The molecule has 2 heterocycles. The molecule has 0 aromatic rings. The van der Waals surface area contributed by atoms with E-state index < -0.39 is 16.0 Å². The van der Waals surface area contributed by atoms with Gasteiger partial charge in [-0.05, 0) is 18.7 Å². The van der Waals surface area contributed by atoms with Gasteiger partial charge in [0, 0.05) is 12.2 Å². The Morgan fingerprint density at radius 1 is 1.56 bits per heavy atom. The lowest BCUT2D eigenvalue weighted by molar-refractivity contribution is -0.135. The number of sulfonamides is 1. The fourth-order valence-corrected chi connectivity index (χ4v) is 3.75. The number of nitrogens with zero attached hydrogens (tertiary/aromatic N) is 2. The third-order valence-electron chi connectivity index (χ3n) is 2.32. The van der Waals surface area contributed by atoms with Gasteiger partial charge in [0.25, 0.3) is 10.0 Å². The molecule has 0 bridgehead atoms. The van der Waals surface area contributed by atoms with Gasteiger partial charge in [0.15, 0.2) is 5.17 Å². The summed E-state index contributed by atoms with van der Waals surface area (Å²) in [6, 6.07) is 0. The second kappa shape index (κ2) is 3.77. The fraction of sp³-hybridized carbons (Fsp3) is 0.500. The first-order valence-corrected chi connectivity index (χ1v) is 6.94. The van der Waals surface area contributed by atoms with Crippen LogP contribution < -0.4 is 0 Å². The van der Waals surface area contributed by atoms with Crippen LogP contribution in [0.1, 0.15) is 6.92 Å². The van der Waals surface area contributed by atoms with Gasteiger partial charge in [-0.3, -0.25) is 0 Å². The molecule has 88 valence electrons. The van der Waals surface area contributed by atoms with Crippen molar-refractivity contribution in [1.82, 2.24) is 4.90 Å². The molecule has 0 aromatic carbocycles. The van der Waals surface area contributed by atoms with E-state index in [1.807, 2.05) is 0 Å². The lowest BCUT2D eigenvalue weighted by Gasteiger charge is -2.22. The van der Waals surface area contributed by atoms with E-state index in [1.54, 1.807) is 11.8 Å². The Hall–Kier alpha value is -1.02. The molecule has 0 radical (unpaired) electrons. The van der Waals surface area contributed by atoms with Gasteiger partial charge in [-0.25, -0.2) is 13.2 Å². The molecule has 0 aliphatic carbocycles. The maximum absolute atomic E-state index is 11.4. The smallest absolute Gasteiger partial charge is 0.346 e. The van der Waals surface area contributed by atoms with Crippen LogP contribution in [0, 0.1) is 0 Å². The second-order valence-electron chi connectivity index (χ2n) is 3.32. The zero-order valence-corrected chi connectivity index (χ0v) is 10.4. The average molecular weight is 262 g/mol. The maximum Gasteiger partial charge on any atom is 0.346 e. The Kier molecular flexibility index (Phi) is 2.70. The van der Waals surface area contributed by atoms with E-state index in [9.17, 15) is 13.2 Å². The van der Waals surface area contributed by atoms with E-state index in [0.717, 1.165) is 11.8 Å². The summed E-state index contributed by atoms with van der Waals surface area (Å²) < 4.78 is 30.8. The van der Waals surface area contributed by atoms with Crippen LogP contribution in [0.3, 0.4) is 0 Å². The maximum atomic E-state index is 11.4. The summed E-state index contributed by atoms with van der Waals surface area (Å²) >= 11 is 1.04. The highest BCUT2D eigenvalue weighted by molar-refractivity contribution is 8.18. The monoisotopic (exact) mass is 262 g/mol. The lowest BCUT2D eigenvalue weighted by Crippen LogP contribution is -2.34. The van der Waals surface area contributed by atoms with Crippen molar-refractivity contribution in [2.24, 2.45) is 4.40 Å². The fourth-order valence-electron chi connectivity index (χ4n) is 1.47. The predicted octanol–water partition coefficient (Wildman–Crippen LogP) is 0.139. The summed E-state index contributed by atoms with van der Waals surface area (Å²) in [4.78, 5) is 13.5. The van der Waals surface area contributed by atoms with Crippen molar-refractivity contribution in [3.63, 3.8) is 0 Å². The first-order chi connectivity index (χ1) is 7.44. The Labute approximate surface area is 97.4 Å². The molecule has 2 aliphatic rings. The molecule has 0 saturated heterocycles. The van der Waals surface area contributed by atoms with E-state index in [4.69, 9.17) is 0 Å². The van der Waals surface area contributed by atoms with Crippen molar-refractivity contribution in [1.29, 1.82) is 0 Å². The number of allylic oxidation sites excluding steroid dienone is 1. The molecule has 0 spiro atoms. The van der Waals surface area contributed by atoms with E-state index in [0.29, 0.717) is 22.3 Å². The van der Waals surface area contributed by atoms with Crippen LogP contribution in [-0.2, 0) is 19.6 Å². The molecule has 0 unspecified atom stereocenters. The van der Waals surface area contributed by atoms with Crippen molar-refractivity contribution < 1.29 is 17.9 Å². The second-order valence-corrected chi connectivity index (χ2v) is 6.05. The first kappa shape index (κ1) is 11.5. The minimum atomic E-state index is -3.37. The molecule has 0 amide bonds. The van der Waals surface area contributed by atoms with Crippen LogP contribution in [0.2, 0.25) is 0 Å². The van der Waals surface area contributed by atoms with E-state index in [1.165, 1.54) is 7.11 Å². The first-order valence-electron chi connectivity index (χ1n) is 4.52. The number of carbonyl (C=O) groups excluding carboxylic acids is 1. The highest BCUT2D eigenvalue weighted by Gasteiger charge is 2.35. The molecular weight excluding hydrogens is 252 g/mol. The standard InChI is InChI=1S/C8H10N2O4S2/c1-5-6(7(11)14-2)15-8-9-16(12,13)4-3-10(5)8/h3-4H2,1-2H3. The Morgan fingerprint density at radius 2 is 2.25 bits per heavy atom. The van der Waals surface area contributed by atoms with E-state index in [-0.39, 0.29) is 5.75 Å². The lowest BCUT2D eigenvalue weighted by atomic mass is 10.4. The number of ether oxygens (including phenoxy) is 1. The van der Waals surface area contributed by atoms with Gasteiger partial charge >= 0.3 is 5.97 Å². The van der Waals surface area contributed by atoms with Gasteiger partial charge in [0.05, 0.1) is 12.9 Å². The number of esters is 1. The number of thioether (sulfide) groups is 1. The number of rotatable bonds is 1. The van der Waals surface area contributed by atoms with Crippen LogP contribution in [0.4, 0.5) is 0 Å². The molecule has 2 aliphatic heterocycles. The Morgan fingerprint density at radius 3 is 2.88 bits per heavy atom. The Bertz CT molecular complexity index is 506. The Balaban J connectivity index is 2.38. The number of hydrogen-bond donors (Lipinski definition) is 0. The zero-order valence-electron chi connectivity index (χ0n) is 8.76. The topological polar surface area (TPSA) is 76.0 Å². The third-order valence-corrected chi connectivity index (χ3v) is 4.74. The van der Waals surface area contributed by atoms with Crippen LogP contribution in [0.25, 0.3) is 0 Å². The van der Waals surface area contributed by atoms with Crippen molar-refractivity contribution >= 4 is 32.9 Å². The molecule has 0 fully saturated rings. The van der Waals surface area contributed by atoms with Crippen LogP contribution in [-0.4, -0.2) is 43.9 Å². The number of methoxy groups -OCH3 is 1.